The van der Waals surface area contributed by atoms with Crippen LogP contribution in [0, 0.1) is 0 Å². The normalized spacial score (nSPS) is 13.8. The van der Waals surface area contributed by atoms with Gasteiger partial charge in [-0.2, -0.15) is 0 Å². The zero-order valence-electron chi connectivity index (χ0n) is 28.2. The number of para-hydroxylation sites is 2. The summed E-state index contributed by atoms with van der Waals surface area (Å²) in [6.45, 7) is 24.0. The Morgan fingerprint density at radius 1 is 0.614 bits per heavy atom. The Kier molecular flexibility index (Phi) is 16.9. The number of hydrogen-bond donors (Lipinski definition) is 0. The van der Waals surface area contributed by atoms with Gasteiger partial charge in [-0.05, 0) is 84.7 Å². The average molecular weight is 681 g/mol. The summed E-state index contributed by atoms with van der Waals surface area (Å²) in [6.07, 6.45) is 2.56. The summed E-state index contributed by atoms with van der Waals surface area (Å²) in [5.41, 5.74) is 10.9. The second-order valence-corrected chi connectivity index (χ2v) is 14.2. The average Bonchev–Trinajstić information content (AvgIpc) is 3.58. The van der Waals surface area contributed by atoms with Crippen LogP contribution in [0.25, 0.3) is 0 Å². The van der Waals surface area contributed by atoms with Crippen molar-refractivity contribution in [2.45, 2.75) is 106 Å². The number of pyridine rings is 1. The first-order valence-corrected chi connectivity index (χ1v) is 18.7. The van der Waals surface area contributed by atoms with E-state index in [1.165, 1.54) is 35.1 Å². The van der Waals surface area contributed by atoms with Gasteiger partial charge in [-0.25, -0.2) is 4.98 Å². The number of ether oxygens (including phenoxy) is 1. The summed E-state index contributed by atoms with van der Waals surface area (Å²) in [7, 11) is 9.53. The van der Waals surface area contributed by atoms with Gasteiger partial charge < -0.3 is 4.74 Å². The topological polar surface area (TPSA) is 46.8 Å². The standard InChI is InChI=1S/C33H43N3.C4H8O.2ClH.Fe/c1-20(2)26-14-11-15-27(21(3)4)32(26)34-24(9)30-18-13-19-31(36-30)25(10)35-33-28(22(5)6)16-12-17-29(33)23(7)8;1-2-4-5-3-1;;;/h11-23H,1-10H3;1-4H2;2*1H;/q;;;;+2/p-2. The molecule has 1 aliphatic heterocycles. The number of hydrogen-bond acceptors (Lipinski definition) is 4. The van der Waals surface area contributed by atoms with Gasteiger partial charge in [0.15, 0.2) is 0 Å². The summed E-state index contributed by atoms with van der Waals surface area (Å²) < 4.78 is 4.94. The Bertz CT molecular complexity index is 1220. The van der Waals surface area contributed by atoms with Crippen LogP contribution in [-0.4, -0.2) is 29.6 Å². The van der Waals surface area contributed by atoms with Gasteiger partial charge in [-0.1, -0.05) is 97.9 Å². The molecular formula is C37H51Cl2FeN3O. The molecule has 1 aromatic heterocycles. The number of aliphatic imine (C=N–C) groups is 2. The summed E-state index contributed by atoms with van der Waals surface area (Å²) in [4.78, 5) is 15.3. The van der Waals surface area contributed by atoms with Gasteiger partial charge in [0.05, 0.1) is 34.2 Å². The van der Waals surface area contributed by atoms with Crippen LogP contribution in [0.15, 0.2) is 64.6 Å². The first-order valence-electron chi connectivity index (χ1n) is 15.7. The second kappa shape index (κ2) is 19.5. The van der Waals surface area contributed by atoms with Crippen LogP contribution in [0.5, 0.6) is 0 Å². The van der Waals surface area contributed by atoms with Crippen molar-refractivity contribution in [3.63, 3.8) is 0 Å². The van der Waals surface area contributed by atoms with Crippen LogP contribution in [-0.2, 0) is 17.9 Å². The van der Waals surface area contributed by atoms with E-state index in [0.717, 1.165) is 47.4 Å². The third-order valence-electron chi connectivity index (χ3n) is 7.56. The van der Waals surface area contributed by atoms with E-state index in [2.05, 4.69) is 112 Å². The van der Waals surface area contributed by atoms with Gasteiger partial charge in [0.2, 0.25) is 0 Å². The molecule has 0 atom stereocenters. The van der Waals surface area contributed by atoms with Crippen LogP contribution >= 0.6 is 20.2 Å². The molecule has 0 aliphatic carbocycles. The maximum atomic E-state index is 5.15. The van der Waals surface area contributed by atoms with Crippen LogP contribution in [0.3, 0.4) is 0 Å². The van der Waals surface area contributed by atoms with Crippen molar-refractivity contribution in [3.8, 4) is 0 Å². The Balaban J connectivity index is 0.000000739. The molecule has 0 bridgehead atoms. The zero-order chi connectivity index (χ0) is 32.8. The van der Waals surface area contributed by atoms with Crippen molar-refractivity contribution in [1.29, 1.82) is 0 Å². The summed E-state index contributed by atoms with van der Waals surface area (Å²) in [6, 6.07) is 19.2. The van der Waals surface area contributed by atoms with Crippen molar-refractivity contribution < 1.29 is 17.9 Å². The molecule has 3 aromatic rings. The van der Waals surface area contributed by atoms with E-state index in [-0.39, 0.29) is 13.1 Å². The van der Waals surface area contributed by atoms with Crippen LogP contribution in [0.1, 0.15) is 139 Å². The van der Waals surface area contributed by atoms with Crippen molar-refractivity contribution in [1.82, 2.24) is 4.98 Å². The molecule has 0 unspecified atom stereocenters. The summed E-state index contributed by atoms with van der Waals surface area (Å²) >= 11 is 0.194. The fraction of sp³-hybridized carbons (Fsp3) is 0.486. The van der Waals surface area contributed by atoms with Gasteiger partial charge in [0.1, 0.15) is 0 Å². The van der Waals surface area contributed by atoms with E-state index >= 15 is 0 Å². The third-order valence-corrected chi connectivity index (χ3v) is 7.56. The van der Waals surface area contributed by atoms with E-state index < -0.39 is 0 Å². The minimum absolute atomic E-state index is 0.194. The molecule has 0 saturated carbocycles. The van der Waals surface area contributed by atoms with E-state index in [9.17, 15) is 0 Å². The van der Waals surface area contributed by atoms with Crippen LogP contribution in [0.2, 0.25) is 0 Å². The molecule has 7 heteroatoms. The Morgan fingerprint density at radius 2 is 0.909 bits per heavy atom. The molecule has 2 heterocycles. The predicted octanol–water partition coefficient (Wildman–Crippen LogP) is 12.0. The van der Waals surface area contributed by atoms with Gasteiger partial charge in [0.25, 0.3) is 0 Å². The van der Waals surface area contributed by atoms with Gasteiger partial charge >= 0.3 is 33.3 Å². The molecule has 0 amide bonds. The summed E-state index contributed by atoms with van der Waals surface area (Å²) in [5.74, 6) is 1.61. The molecule has 2 aromatic carbocycles. The van der Waals surface area contributed by atoms with Gasteiger partial charge in [-0.3, -0.25) is 9.98 Å². The molecule has 1 fully saturated rings. The molecule has 4 nitrogen and oxygen atoms in total. The quantitative estimate of drug-likeness (QED) is 0.176. The molecule has 44 heavy (non-hydrogen) atoms. The van der Waals surface area contributed by atoms with Gasteiger partial charge in [0, 0.05) is 13.2 Å². The van der Waals surface area contributed by atoms with Crippen molar-refractivity contribution in [2.75, 3.05) is 13.2 Å². The Labute approximate surface area is 281 Å². The third kappa shape index (κ3) is 11.4. The number of rotatable bonds is 8. The van der Waals surface area contributed by atoms with E-state index in [4.69, 9.17) is 39.9 Å². The number of nitrogens with zero attached hydrogens (tertiary/aromatic N) is 3. The fourth-order valence-electron chi connectivity index (χ4n) is 5.08. The Hall–Kier alpha value is -2.01. The summed E-state index contributed by atoms with van der Waals surface area (Å²) in [5, 5.41) is 0. The first kappa shape index (κ1) is 38.2. The van der Waals surface area contributed by atoms with Crippen molar-refractivity contribution in [3.05, 3.63) is 88.2 Å². The number of halogens is 2. The molecule has 0 N–H and O–H groups in total. The first-order chi connectivity index (χ1) is 20.9. The zero-order valence-corrected chi connectivity index (χ0v) is 30.8. The second-order valence-electron chi connectivity index (χ2n) is 12.4. The van der Waals surface area contributed by atoms with Gasteiger partial charge in [-0.15, -0.1) is 0 Å². The monoisotopic (exact) mass is 679 g/mol. The molecular weight excluding hydrogens is 629 g/mol. The molecule has 0 radical (unpaired) electrons. The number of benzene rings is 2. The van der Waals surface area contributed by atoms with Crippen molar-refractivity contribution >= 4 is 43.0 Å². The fourth-order valence-corrected chi connectivity index (χ4v) is 5.08. The number of aromatic nitrogens is 1. The molecule has 1 aliphatic rings. The molecule has 4 rings (SSSR count). The van der Waals surface area contributed by atoms with Crippen LogP contribution < -0.4 is 0 Å². The van der Waals surface area contributed by atoms with Crippen LogP contribution in [0.4, 0.5) is 11.4 Å². The SMILES string of the molecule is C1CCOC1.CC(=Nc1c(C(C)C)cccc1C(C)C)c1cccc(C(C)=Nc2c(C(C)C)cccc2C(C)C)n1.[Cl][Fe][Cl]. The Morgan fingerprint density at radius 3 is 1.16 bits per heavy atom. The van der Waals surface area contributed by atoms with E-state index in [0.29, 0.717) is 23.7 Å². The van der Waals surface area contributed by atoms with E-state index in [1.807, 2.05) is 12.1 Å². The molecule has 242 valence electrons. The predicted molar refractivity (Wildman–Crippen MR) is 189 cm³/mol. The van der Waals surface area contributed by atoms with Crippen molar-refractivity contribution in [2.24, 2.45) is 9.98 Å². The van der Waals surface area contributed by atoms with E-state index in [1.54, 1.807) is 0 Å². The maximum absolute atomic E-state index is 5.15. The minimum atomic E-state index is 0.194. The molecule has 0 spiro atoms. The molecule has 1 saturated heterocycles.